The van der Waals surface area contributed by atoms with Crippen LogP contribution in [0.3, 0.4) is 0 Å². The van der Waals surface area contributed by atoms with E-state index in [0.29, 0.717) is 5.82 Å². The highest BCUT2D eigenvalue weighted by Gasteiger charge is 2.21. The quantitative estimate of drug-likeness (QED) is 0.863. The zero-order valence-electron chi connectivity index (χ0n) is 10.5. The number of hydrogen-bond acceptors (Lipinski definition) is 4. The van der Waals surface area contributed by atoms with Gasteiger partial charge in [0.05, 0.1) is 5.69 Å². The summed E-state index contributed by atoms with van der Waals surface area (Å²) in [5.41, 5.74) is 1.97. The van der Waals surface area contributed by atoms with Crippen LogP contribution in [-0.2, 0) is 11.5 Å². The Kier molecular flexibility index (Phi) is 3.29. The molecule has 3 nitrogen and oxygen atoms in total. The van der Waals surface area contributed by atoms with Gasteiger partial charge < -0.3 is 5.32 Å². The SMILES string of the molecule is CNc1nc(-c2cc(F)c(F)c(F)c2)nc2c1CSC2. The van der Waals surface area contributed by atoms with E-state index in [9.17, 15) is 13.2 Å². The van der Waals surface area contributed by atoms with E-state index in [4.69, 9.17) is 0 Å². The van der Waals surface area contributed by atoms with Crippen molar-refractivity contribution in [1.82, 2.24) is 9.97 Å². The normalized spacial score (nSPS) is 13.4. The number of benzene rings is 1. The third kappa shape index (κ3) is 2.11. The van der Waals surface area contributed by atoms with Gasteiger partial charge in [-0.05, 0) is 12.1 Å². The molecule has 0 bridgehead atoms. The fraction of sp³-hybridized carbons (Fsp3) is 0.231. The Hall–Kier alpha value is -1.76. The number of nitrogens with zero attached hydrogens (tertiary/aromatic N) is 2. The number of nitrogens with one attached hydrogen (secondary N) is 1. The van der Waals surface area contributed by atoms with Crippen LogP contribution >= 0.6 is 11.8 Å². The lowest BCUT2D eigenvalue weighted by atomic mass is 10.1. The first-order chi connectivity index (χ1) is 9.60. The molecule has 0 saturated carbocycles. The maximum absolute atomic E-state index is 13.3. The number of rotatable bonds is 2. The Balaban J connectivity index is 2.16. The highest BCUT2D eigenvalue weighted by Crippen LogP contribution is 2.34. The summed E-state index contributed by atoms with van der Waals surface area (Å²) in [6.45, 7) is 0. The lowest BCUT2D eigenvalue weighted by molar-refractivity contribution is 0.447. The number of hydrogen-bond donors (Lipinski definition) is 1. The predicted octanol–water partition coefficient (Wildman–Crippen LogP) is 3.35. The van der Waals surface area contributed by atoms with Crippen molar-refractivity contribution in [2.75, 3.05) is 12.4 Å². The molecule has 0 saturated heterocycles. The Bertz CT molecular complexity index is 668. The molecule has 1 aromatic carbocycles. The molecule has 20 heavy (non-hydrogen) atoms. The molecule has 2 aromatic rings. The first-order valence-electron chi connectivity index (χ1n) is 5.90. The third-order valence-corrected chi connectivity index (χ3v) is 4.03. The van der Waals surface area contributed by atoms with Crippen LogP contribution in [0.15, 0.2) is 12.1 Å². The van der Waals surface area contributed by atoms with Crippen molar-refractivity contribution in [2.45, 2.75) is 11.5 Å². The van der Waals surface area contributed by atoms with E-state index >= 15 is 0 Å². The second kappa shape index (κ2) is 4.97. The lowest BCUT2D eigenvalue weighted by Gasteiger charge is -2.09. The van der Waals surface area contributed by atoms with Crippen LogP contribution in [0, 0.1) is 17.5 Å². The van der Waals surface area contributed by atoms with Gasteiger partial charge in [0.2, 0.25) is 0 Å². The molecule has 1 aromatic heterocycles. The molecule has 104 valence electrons. The molecule has 0 amide bonds. The van der Waals surface area contributed by atoms with Crippen molar-refractivity contribution in [1.29, 1.82) is 0 Å². The fourth-order valence-corrected chi connectivity index (χ4v) is 3.11. The summed E-state index contributed by atoms with van der Waals surface area (Å²) in [5, 5.41) is 2.95. The minimum atomic E-state index is -1.49. The van der Waals surface area contributed by atoms with Gasteiger partial charge in [-0.3, -0.25) is 0 Å². The summed E-state index contributed by atoms with van der Waals surface area (Å²) in [6, 6.07) is 1.81. The molecule has 0 fully saturated rings. The van der Waals surface area contributed by atoms with Gasteiger partial charge in [-0.15, -0.1) is 0 Å². The van der Waals surface area contributed by atoms with Gasteiger partial charge in [0.25, 0.3) is 0 Å². The second-order valence-corrected chi connectivity index (χ2v) is 5.30. The second-order valence-electron chi connectivity index (χ2n) is 4.32. The minimum absolute atomic E-state index is 0.123. The van der Waals surface area contributed by atoms with Gasteiger partial charge >= 0.3 is 0 Å². The van der Waals surface area contributed by atoms with Crippen molar-refractivity contribution in [3.63, 3.8) is 0 Å². The van der Waals surface area contributed by atoms with Crippen molar-refractivity contribution in [3.8, 4) is 11.4 Å². The first-order valence-corrected chi connectivity index (χ1v) is 7.06. The summed E-state index contributed by atoms with van der Waals surface area (Å²) < 4.78 is 39.6. The maximum atomic E-state index is 13.3. The highest BCUT2D eigenvalue weighted by molar-refractivity contribution is 7.98. The van der Waals surface area contributed by atoms with Crippen LogP contribution in [0.5, 0.6) is 0 Å². The smallest absolute Gasteiger partial charge is 0.194 e. The molecule has 0 aliphatic carbocycles. The third-order valence-electron chi connectivity index (χ3n) is 3.06. The zero-order chi connectivity index (χ0) is 14.3. The molecule has 3 rings (SSSR count). The van der Waals surface area contributed by atoms with Crippen molar-refractivity contribution in [2.24, 2.45) is 0 Å². The Labute approximate surface area is 117 Å². The van der Waals surface area contributed by atoms with Crippen molar-refractivity contribution >= 4 is 17.6 Å². The van der Waals surface area contributed by atoms with Crippen molar-refractivity contribution in [3.05, 3.63) is 40.8 Å². The Morgan fingerprint density at radius 2 is 1.80 bits per heavy atom. The molecule has 1 N–H and O–H groups in total. The van der Waals surface area contributed by atoms with Crippen LogP contribution in [0.2, 0.25) is 0 Å². The van der Waals surface area contributed by atoms with Gasteiger partial charge in [-0.2, -0.15) is 11.8 Å². The molecular formula is C13H10F3N3S. The molecular weight excluding hydrogens is 287 g/mol. The summed E-state index contributed by atoms with van der Waals surface area (Å²) in [7, 11) is 1.72. The van der Waals surface area contributed by atoms with Crippen LogP contribution < -0.4 is 5.32 Å². The molecule has 0 atom stereocenters. The van der Waals surface area contributed by atoms with E-state index < -0.39 is 17.5 Å². The number of anilines is 1. The minimum Gasteiger partial charge on any atom is -0.373 e. The average molecular weight is 297 g/mol. The van der Waals surface area contributed by atoms with Gasteiger partial charge in [0, 0.05) is 29.7 Å². The molecule has 0 radical (unpaired) electrons. The van der Waals surface area contributed by atoms with Gasteiger partial charge in [-0.25, -0.2) is 23.1 Å². The summed E-state index contributed by atoms with van der Waals surface area (Å²) >= 11 is 1.69. The van der Waals surface area contributed by atoms with E-state index in [1.54, 1.807) is 18.8 Å². The van der Waals surface area contributed by atoms with Gasteiger partial charge in [0.15, 0.2) is 23.3 Å². The van der Waals surface area contributed by atoms with Crippen LogP contribution in [0.4, 0.5) is 19.0 Å². The fourth-order valence-electron chi connectivity index (χ4n) is 2.07. The summed E-state index contributed by atoms with van der Waals surface area (Å²) in [4.78, 5) is 8.57. The number of halogens is 3. The largest absolute Gasteiger partial charge is 0.373 e. The standard InChI is InChI=1S/C13H10F3N3S/c1-17-13-7-4-20-5-10(7)18-12(19-13)6-2-8(14)11(16)9(15)3-6/h2-3H,4-5H2,1H3,(H,17,18,19). The van der Waals surface area contributed by atoms with E-state index in [-0.39, 0.29) is 11.4 Å². The summed E-state index contributed by atoms with van der Waals surface area (Å²) in [5.74, 6) is -1.62. The molecule has 1 aliphatic rings. The Morgan fingerprint density at radius 3 is 2.45 bits per heavy atom. The Morgan fingerprint density at radius 1 is 1.10 bits per heavy atom. The van der Waals surface area contributed by atoms with E-state index in [0.717, 1.165) is 34.9 Å². The van der Waals surface area contributed by atoms with E-state index in [2.05, 4.69) is 15.3 Å². The molecule has 1 aliphatic heterocycles. The number of aromatic nitrogens is 2. The van der Waals surface area contributed by atoms with Crippen molar-refractivity contribution < 1.29 is 13.2 Å². The number of thioether (sulfide) groups is 1. The van der Waals surface area contributed by atoms with Crippen LogP contribution in [0.1, 0.15) is 11.3 Å². The van der Waals surface area contributed by atoms with E-state index in [1.165, 1.54) is 0 Å². The summed E-state index contributed by atoms with van der Waals surface area (Å²) in [6.07, 6.45) is 0. The van der Waals surface area contributed by atoms with Crippen LogP contribution in [-0.4, -0.2) is 17.0 Å². The zero-order valence-corrected chi connectivity index (χ0v) is 11.3. The maximum Gasteiger partial charge on any atom is 0.194 e. The average Bonchev–Trinajstić information content (AvgIpc) is 2.91. The first kappa shape index (κ1) is 13.2. The molecule has 7 heteroatoms. The van der Waals surface area contributed by atoms with Crippen LogP contribution in [0.25, 0.3) is 11.4 Å². The molecule has 2 heterocycles. The highest BCUT2D eigenvalue weighted by atomic mass is 32.2. The molecule has 0 unspecified atom stereocenters. The number of fused-ring (bicyclic) bond motifs is 1. The predicted molar refractivity (Wildman–Crippen MR) is 71.9 cm³/mol. The van der Waals surface area contributed by atoms with Gasteiger partial charge in [-0.1, -0.05) is 0 Å². The van der Waals surface area contributed by atoms with Gasteiger partial charge in [0.1, 0.15) is 5.82 Å². The molecule has 0 spiro atoms. The lowest BCUT2D eigenvalue weighted by Crippen LogP contribution is -2.04. The monoisotopic (exact) mass is 297 g/mol. The van der Waals surface area contributed by atoms with E-state index in [1.807, 2.05) is 0 Å². The topological polar surface area (TPSA) is 37.8 Å².